The number of carbonyl (C=O) groups excluding carboxylic acids is 2. The molecule has 0 amide bonds. The van der Waals surface area contributed by atoms with E-state index in [0.717, 1.165) is 11.1 Å². The molecule has 118 valence electrons. The van der Waals surface area contributed by atoms with Gasteiger partial charge in [-0.3, -0.25) is 9.59 Å². The molecule has 0 bridgehead atoms. The summed E-state index contributed by atoms with van der Waals surface area (Å²) in [5, 5.41) is 0. The maximum absolute atomic E-state index is 11.4. The standard InChI is InChI=1S/C21H22O2/c1-14(22)16-6-10-18(11-7-16)20-4-3-5-21(20)19-12-8-17(9-13-19)15(2)23/h6-13,20-21H,3-5H2,1-2H3/t20-,21-/m0/s1. The Labute approximate surface area is 137 Å². The number of ketones is 2. The summed E-state index contributed by atoms with van der Waals surface area (Å²) in [7, 11) is 0. The lowest BCUT2D eigenvalue weighted by atomic mass is 9.83. The normalized spacial score (nSPS) is 20.4. The minimum Gasteiger partial charge on any atom is -0.295 e. The molecular formula is C21H22O2. The molecule has 0 saturated heterocycles. The first-order valence-electron chi connectivity index (χ1n) is 8.28. The van der Waals surface area contributed by atoms with Crippen molar-refractivity contribution in [2.45, 2.75) is 44.9 Å². The predicted octanol–water partition coefficient (Wildman–Crippen LogP) is 5.14. The van der Waals surface area contributed by atoms with Gasteiger partial charge in [-0.05, 0) is 49.7 Å². The van der Waals surface area contributed by atoms with Gasteiger partial charge in [-0.1, -0.05) is 55.0 Å². The SMILES string of the molecule is CC(=O)c1ccc([C@@H]2CCC[C@H]2c2ccc(C(C)=O)cc2)cc1. The lowest BCUT2D eigenvalue weighted by molar-refractivity contribution is 0.100. The quantitative estimate of drug-likeness (QED) is 0.733. The smallest absolute Gasteiger partial charge is 0.159 e. The lowest BCUT2D eigenvalue weighted by Gasteiger charge is -2.21. The Morgan fingerprint density at radius 1 is 0.696 bits per heavy atom. The first kappa shape index (κ1) is 15.7. The Hall–Kier alpha value is -2.22. The van der Waals surface area contributed by atoms with Crippen LogP contribution in [0.5, 0.6) is 0 Å². The van der Waals surface area contributed by atoms with Gasteiger partial charge in [-0.2, -0.15) is 0 Å². The van der Waals surface area contributed by atoms with E-state index < -0.39 is 0 Å². The third kappa shape index (κ3) is 3.26. The van der Waals surface area contributed by atoms with Crippen LogP contribution in [0.2, 0.25) is 0 Å². The second kappa shape index (κ2) is 6.49. The Balaban J connectivity index is 1.84. The van der Waals surface area contributed by atoms with Crippen LogP contribution in [0.25, 0.3) is 0 Å². The average Bonchev–Trinajstić information content (AvgIpc) is 3.04. The molecule has 3 rings (SSSR count). The van der Waals surface area contributed by atoms with Gasteiger partial charge in [0.1, 0.15) is 0 Å². The van der Waals surface area contributed by atoms with Crippen molar-refractivity contribution in [3.05, 3.63) is 70.8 Å². The van der Waals surface area contributed by atoms with E-state index in [1.165, 1.54) is 30.4 Å². The van der Waals surface area contributed by atoms with Crippen LogP contribution in [0, 0.1) is 0 Å². The Kier molecular flexibility index (Phi) is 4.42. The second-order valence-corrected chi connectivity index (χ2v) is 6.50. The van der Waals surface area contributed by atoms with E-state index in [4.69, 9.17) is 0 Å². The van der Waals surface area contributed by atoms with E-state index in [0.29, 0.717) is 11.8 Å². The third-order valence-electron chi connectivity index (χ3n) is 5.01. The summed E-state index contributed by atoms with van der Waals surface area (Å²) in [6, 6.07) is 16.1. The van der Waals surface area contributed by atoms with Crippen LogP contribution < -0.4 is 0 Å². The van der Waals surface area contributed by atoms with Gasteiger partial charge in [0.15, 0.2) is 11.6 Å². The van der Waals surface area contributed by atoms with Crippen molar-refractivity contribution < 1.29 is 9.59 Å². The summed E-state index contributed by atoms with van der Waals surface area (Å²) in [4.78, 5) is 22.8. The van der Waals surface area contributed by atoms with E-state index >= 15 is 0 Å². The highest BCUT2D eigenvalue weighted by Crippen LogP contribution is 2.45. The molecule has 2 nitrogen and oxygen atoms in total. The van der Waals surface area contributed by atoms with Crippen molar-refractivity contribution in [2.75, 3.05) is 0 Å². The topological polar surface area (TPSA) is 34.1 Å². The van der Waals surface area contributed by atoms with Crippen molar-refractivity contribution in [3.63, 3.8) is 0 Å². The molecule has 23 heavy (non-hydrogen) atoms. The van der Waals surface area contributed by atoms with Gasteiger partial charge in [-0.25, -0.2) is 0 Å². The Morgan fingerprint density at radius 3 is 1.35 bits per heavy atom. The van der Waals surface area contributed by atoms with Crippen LogP contribution in [0.15, 0.2) is 48.5 Å². The molecule has 0 aliphatic heterocycles. The van der Waals surface area contributed by atoms with Gasteiger partial charge >= 0.3 is 0 Å². The van der Waals surface area contributed by atoms with Crippen LogP contribution >= 0.6 is 0 Å². The fourth-order valence-corrected chi connectivity index (χ4v) is 3.69. The van der Waals surface area contributed by atoms with Crippen molar-refractivity contribution in [2.24, 2.45) is 0 Å². The molecular weight excluding hydrogens is 284 g/mol. The molecule has 1 fully saturated rings. The molecule has 2 heteroatoms. The maximum atomic E-state index is 11.4. The molecule has 0 aromatic heterocycles. The van der Waals surface area contributed by atoms with Crippen LogP contribution in [0.3, 0.4) is 0 Å². The zero-order chi connectivity index (χ0) is 16.4. The summed E-state index contributed by atoms with van der Waals surface area (Å²) in [6.07, 6.45) is 3.58. The monoisotopic (exact) mass is 306 g/mol. The fraction of sp³-hybridized carbons (Fsp3) is 0.333. The van der Waals surface area contributed by atoms with Crippen molar-refractivity contribution in [3.8, 4) is 0 Å². The molecule has 1 aliphatic rings. The first-order chi connectivity index (χ1) is 11.1. The minimum atomic E-state index is 0.111. The molecule has 0 N–H and O–H groups in total. The second-order valence-electron chi connectivity index (χ2n) is 6.50. The van der Waals surface area contributed by atoms with E-state index in [-0.39, 0.29) is 11.6 Å². The van der Waals surface area contributed by atoms with Gasteiger partial charge in [0.05, 0.1) is 0 Å². The largest absolute Gasteiger partial charge is 0.295 e. The number of rotatable bonds is 4. The summed E-state index contributed by atoms with van der Waals surface area (Å²) in [5.74, 6) is 1.22. The Morgan fingerprint density at radius 2 is 1.04 bits per heavy atom. The number of benzene rings is 2. The molecule has 2 aromatic rings. The van der Waals surface area contributed by atoms with Crippen LogP contribution in [-0.4, -0.2) is 11.6 Å². The summed E-state index contributed by atoms with van der Waals surface area (Å²) in [6.45, 7) is 3.20. The van der Waals surface area contributed by atoms with Crippen LogP contribution in [0.4, 0.5) is 0 Å². The summed E-state index contributed by atoms with van der Waals surface area (Å²) >= 11 is 0. The zero-order valence-electron chi connectivity index (χ0n) is 13.7. The molecule has 1 aliphatic carbocycles. The van der Waals surface area contributed by atoms with Crippen molar-refractivity contribution >= 4 is 11.6 Å². The van der Waals surface area contributed by atoms with Gasteiger partial charge in [0.2, 0.25) is 0 Å². The molecule has 0 heterocycles. The number of carbonyl (C=O) groups is 2. The van der Waals surface area contributed by atoms with E-state index in [9.17, 15) is 9.59 Å². The highest BCUT2D eigenvalue weighted by molar-refractivity contribution is 5.94. The maximum Gasteiger partial charge on any atom is 0.159 e. The van der Waals surface area contributed by atoms with Crippen LogP contribution in [-0.2, 0) is 0 Å². The van der Waals surface area contributed by atoms with Gasteiger partial charge in [0, 0.05) is 11.1 Å². The number of Topliss-reactive ketones (excluding diaryl/α,β-unsaturated/α-hetero) is 2. The fourth-order valence-electron chi connectivity index (χ4n) is 3.69. The molecule has 0 unspecified atom stereocenters. The minimum absolute atomic E-state index is 0.111. The van der Waals surface area contributed by atoms with Crippen molar-refractivity contribution in [1.82, 2.24) is 0 Å². The van der Waals surface area contributed by atoms with Crippen molar-refractivity contribution in [1.29, 1.82) is 0 Å². The predicted molar refractivity (Wildman–Crippen MR) is 92.2 cm³/mol. The van der Waals surface area contributed by atoms with Gasteiger partial charge in [-0.15, -0.1) is 0 Å². The summed E-state index contributed by atoms with van der Waals surface area (Å²) < 4.78 is 0. The first-order valence-corrected chi connectivity index (χ1v) is 8.28. The zero-order valence-corrected chi connectivity index (χ0v) is 13.7. The summed E-state index contributed by atoms with van der Waals surface area (Å²) in [5.41, 5.74) is 4.17. The average molecular weight is 306 g/mol. The lowest BCUT2D eigenvalue weighted by Crippen LogP contribution is -2.06. The molecule has 0 spiro atoms. The number of hydrogen-bond donors (Lipinski definition) is 0. The van der Waals surface area contributed by atoms with E-state index in [1.807, 2.05) is 24.3 Å². The highest BCUT2D eigenvalue weighted by Gasteiger charge is 2.29. The third-order valence-corrected chi connectivity index (χ3v) is 5.01. The van der Waals surface area contributed by atoms with E-state index in [1.54, 1.807) is 13.8 Å². The molecule has 2 aromatic carbocycles. The van der Waals surface area contributed by atoms with Gasteiger partial charge < -0.3 is 0 Å². The number of hydrogen-bond acceptors (Lipinski definition) is 2. The van der Waals surface area contributed by atoms with Crippen LogP contribution in [0.1, 0.15) is 76.8 Å². The molecule has 0 radical (unpaired) electrons. The molecule has 2 atom stereocenters. The van der Waals surface area contributed by atoms with Gasteiger partial charge in [0.25, 0.3) is 0 Å². The molecule has 1 saturated carbocycles. The highest BCUT2D eigenvalue weighted by atomic mass is 16.1. The van der Waals surface area contributed by atoms with E-state index in [2.05, 4.69) is 24.3 Å². The Bertz CT molecular complexity index is 647.